The molecule has 0 spiro atoms. The van der Waals surface area contributed by atoms with Gasteiger partial charge >= 0.3 is 5.71 Å². The molecule has 94 valence electrons. The number of carbonyl (C=O) groups excluding carboxylic acids is 1. The van der Waals surface area contributed by atoms with Crippen LogP contribution in [0.25, 0.3) is 0 Å². The molecule has 0 radical (unpaired) electrons. The van der Waals surface area contributed by atoms with E-state index in [9.17, 15) is 20.1 Å². The van der Waals surface area contributed by atoms with E-state index < -0.39 is 10.9 Å². The summed E-state index contributed by atoms with van der Waals surface area (Å²) in [5.41, 5.74) is 0.602. The van der Waals surface area contributed by atoms with E-state index in [1.54, 1.807) is 0 Å². The molecule has 2 rings (SSSR count). The third-order valence-electron chi connectivity index (χ3n) is 2.42. The molecule has 8 heteroatoms. The molecule has 1 heterocycles. The second-order valence-corrected chi connectivity index (χ2v) is 3.70. The van der Waals surface area contributed by atoms with Gasteiger partial charge in [0.25, 0.3) is 11.7 Å². The highest BCUT2D eigenvalue weighted by atomic mass is 16.9. The lowest BCUT2D eigenvalue weighted by Crippen LogP contribution is -2.28. The minimum atomic E-state index is -0.803. The van der Waals surface area contributed by atoms with E-state index in [1.807, 2.05) is 0 Å². The Bertz CT molecular complexity index is 556. The number of fused-ring (bicyclic) bond motifs is 1. The lowest BCUT2D eigenvalue weighted by Gasteiger charge is -2.08. The first-order valence-corrected chi connectivity index (χ1v) is 5.13. The molecular weight excluding hydrogens is 242 g/mol. The molecule has 1 aliphatic carbocycles. The Morgan fingerprint density at radius 2 is 2.17 bits per heavy atom. The van der Waals surface area contributed by atoms with Crippen LogP contribution in [0.2, 0.25) is 0 Å². The molecule has 2 aliphatic rings. The van der Waals surface area contributed by atoms with Crippen LogP contribution in [0.5, 0.6) is 0 Å². The second kappa shape index (κ2) is 4.40. The topological polar surface area (TPSA) is 108 Å². The van der Waals surface area contributed by atoms with Crippen molar-refractivity contribution in [2.45, 2.75) is 13.3 Å². The lowest BCUT2D eigenvalue weighted by molar-refractivity contribution is -0.711. The maximum atomic E-state index is 11.6. The summed E-state index contributed by atoms with van der Waals surface area (Å²) in [7, 11) is 0. The maximum Gasteiger partial charge on any atom is 0.300 e. The number of nitro groups is 1. The van der Waals surface area contributed by atoms with Crippen LogP contribution < -0.4 is 0 Å². The molecule has 8 nitrogen and oxygen atoms in total. The van der Waals surface area contributed by atoms with E-state index in [4.69, 9.17) is 0 Å². The molecule has 0 aromatic heterocycles. The number of carbonyl (C=O) groups is 1. The molecule has 0 aromatic carbocycles. The van der Waals surface area contributed by atoms with Crippen LogP contribution >= 0.6 is 0 Å². The standard InChI is InChI=1S/C10H9N3O5/c1-6(14)18-13(17)9-5-8(12(15)16)4-7-2-3-11-10(7)9/h4-5H,2-3H2,1H3/b13-9-. The first-order chi connectivity index (χ1) is 8.49. The SMILES string of the molecule is CC(=O)O/[N+]([O-])=C1/C=C([N+](=O)[O-])C=C2CCN=C21. The molecule has 0 saturated carbocycles. The smallest absolute Gasteiger partial charge is 0.300 e. The summed E-state index contributed by atoms with van der Waals surface area (Å²) >= 11 is 0. The van der Waals surface area contributed by atoms with Gasteiger partial charge in [0.05, 0.1) is 15.9 Å². The molecular formula is C10H9N3O5. The third-order valence-corrected chi connectivity index (χ3v) is 2.42. The van der Waals surface area contributed by atoms with Crippen LogP contribution in [0.3, 0.4) is 0 Å². The van der Waals surface area contributed by atoms with Gasteiger partial charge in [-0.3, -0.25) is 25.1 Å². The van der Waals surface area contributed by atoms with Crippen molar-refractivity contribution < 1.29 is 19.5 Å². The Morgan fingerprint density at radius 3 is 2.78 bits per heavy atom. The molecule has 0 amide bonds. The number of rotatable bonds is 2. The quantitative estimate of drug-likeness (QED) is 0.231. The molecule has 0 aromatic rings. The zero-order valence-electron chi connectivity index (χ0n) is 9.45. The van der Waals surface area contributed by atoms with Crippen LogP contribution in [0.15, 0.2) is 28.4 Å². The lowest BCUT2D eigenvalue weighted by atomic mass is 9.99. The van der Waals surface area contributed by atoms with Gasteiger partial charge in [0, 0.05) is 19.5 Å². The van der Waals surface area contributed by atoms with Crippen LogP contribution in [-0.4, -0.2) is 33.8 Å². The molecule has 0 N–H and O–H groups in total. The number of allylic oxidation sites excluding steroid dienone is 2. The van der Waals surface area contributed by atoms with Crippen molar-refractivity contribution in [2.24, 2.45) is 4.99 Å². The first-order valence-electron chi connectivity index (χ1n) is 5.13. The summed E-state index contributed by atoms with van der Waals surface area (Å²) in [6.45, 7) is 1.52. The normalized spacial score (nSPS) is 20.4. The summed E-state index contributed by atoms with van der Waals surface area (Å²) in [5.74, 6) is -0.803. The summed E-state index contributed by atoms with van der Waals surface area (Å²) in [4.78, 5) is 29.2. The van der Waals surface area contributed by atoms with Gasteiger partial charge in [-0.25, -0.2) is 0 Å². The average molecular weight is 251 g/mol. The Kier molecular flexibility index (Phi) is 2.92. The number of hydrogen-bond donors (Lipinski definition) is 0. The van der Waals surface area contributed by atoms with E-state index in [-0.39, 0.29) is 16.3 Å². The molecule has 1 aliphatic heterocycles. The highest BCUT2D eigenvalue weighted by Gasteiger charge is 2.33. The van der Waals surface area contributed by atoms with Gasteiger partial charge in [-0.05, 0) is 12.0 Å². The van der Waals surface area contributed by atoms with Gasteiger partial charge in [-0.15, -0.1) is 0 Å². The third kappa shape index (κ3) is 2.12. The Morgan fingerprint density at radius 1 is 1.44 bits per heavy atom. The minimum Gasteiger partial charge on any atom is -0.329 e. The van der Waals surface area contributed by atoms with Crippen molar-refractivity contribution in [3.05, 3.63) is 38.7 Å². The van der Waals surface area contributed by atoms with Crippen molar-refractivity contribution in [3.63, 3.8) is 0 Å². The van der Waals surface area contributed by atoms with Crippen molar-refractivity contribution in [1.82, 2.24) is 0 Å². The predicted molar refractivity (Wildman–Crippen MR) is 60.5 cm³/mol. The molecule has 0 unspecified atom stereocenters. The Hall–Kier alpha value is -2.51. The summed E-state index contributed by atoms with van der Waals surface area (Å²) < 4.78 is 0. The Labute approximate surface area is 101 Å². The van der Waals surface area contributed by atoms with E-state index >= 15 is 0 Å². The summed E-state index contributed by atoms with van der Waals surface area (Å²) in [6, 6.07) is 0. The van der Waals surface area contributed by atoms with Crippen molar-refractivity contribution >= 4 is 17.4 Å². The molecule has 0 atom stereocenters. The fraction of sp³-hybridized carbons (Fsp3) is 0.300. The molecule has 0 bridgehead atoms. The largest absolute Gasteiger partial charge is 0.329 e. The zero-order valence-corrected chi connectivity index (χ0v) is 9.45. The van der Waals surface area contributed by atoms with Gasteiger partial charge in [0.2, 0.25) is 0 Å². The van der Waals surface area contributed by atoms with Crippen LogP contribution in [0.1, 0.15) is 13.3 Å². The first kappa shape index (κ1) is 12.0. The van der Waals surface area contributed by atoms with Crippen molar-refractivity contribution in [1.29, 1.82) is 0 Å². The summed E-state index contributed by atoms with van der Waals surface area (Å²) in [5, 5.41) is 22.3. The average Bonchev–Trinajstić information content (AvgIpc) is 2.74. The monoisotopic (exact) mass is 251 g/mol. The van der Waals surface area contributed by atoms with E-state index in [2.05, 4.69) is 9.83 Å². The van der Waals surface area contributed by atoms with E-state index in [0.29, 0.717) is 24.3 Å². The van der Waals surface area contributed by atoms with Crippen molar-refractivity contribution in [2.75, 3.05) is 6.54 Å². The zero-order chi connectivity index (χ0) is 13.3. The number of aliphatic imine (C=N–C) groups is 1. The maximum absolute atomic E-state index is 11.6. The summed E-state index contributed by atoms with van der Waals surface area (Å²) in [6.07, 6.45) is 2.94. The number of hydrogen-bond acceptors (Lipinski definition) is 6. The van der Waals surface area contributed by atoms with Crippen LogP contribution in [0, 0.1) is 15.3 Å². The highest BCUT2D eigenvalue weighted by Crippen LogP contribution is 2.22. The predicted octanol–water partition coefficient (Wildman–Crippen LogP) is 0.361. The highest BCUT2D eigenvalue weighted by molar-refractivity contribution is 6.51. The van der Waals surface area contributed by atoms with E-state index in [0.717, 1.165) is 13.0 Å². The Balaban J connectivity index is 2.48. The van der Waals surface area contributed by atoms with Gasteiger partial charge in [0.15, 0.2) is 0 Å². The van der Waals surface area contributed by atoms with Gasteiger partial charge in [0.1, 0.15) is 5.71 Å². The van der Waals surface area contributed by atoms with Gasteiger partial charge in [-0.1, -0.05) is 0 Å². The van der Waals surface area contributed by atoms with Crippen LogP contribution in [0.4, 0.5) is 0 Å². The fourth-order valence-electron chi connectivity index (χ4n) is 1.73. The van der Waals surface area contributed by atoms with E-state index in [1.165, 1.54) is 6.08 Å². The van der Waals surface area contributed by atoms with Gasteiger partial charge in [-0.2, -0.15) is 0 Å². The fourth-order valence-corrected chi connectivity index (χ4v) is 1.73. The second-order valence-electron chi connectivity index (χ2n) is 3.70. The minimum absolute atomic E-state index is 0.0387. The molecule has 18 heavy (non-hydrogen) atoms. The van der Waals surface area contributed by atoms with Crippen molar-refractivity contribution in [3.8, 4) is 0 Å². The van der Waals surface area contributed by atoms with Gasteiger partial charge < -0.3 is 4.84 Å². The number of nitrogens with zero attached hydrogens (tertiary/aromatic N) is 3. The molecule has 0 saturated heterocycles. The molecule has 0 fully saturated rings. The van der Waals surface area contributed by atoms with Crippen LogP contribution in [-0.2, 0) is 9.63 Å².